The third-order valence-corrected chi connectivity index (χ3v) is 4.30. The lowest BCUT2D eigenvalue weighted by Gasteiger charge is -2.11. The summed E-state index contributed by atoms with van der Waals surface area (Å²) >= 11 is 6.08. The molecule has 2 amide bonds. The Labute approximate surface area is 164 Å². The minimum absolute atomic E-state index is 0.254. The fourth-order valence-electron chi connectivity index (χ4n) is 2.38. The number of ether oxygens (including phenoxy) is 1. The van der Waals surface area contributed by atoms with Gasteiger partial charge in [0.05, 0.1) is 0 Å². The first-order chi connectivity index (χ1) is 13.1. The molecule has 28 heavy (non-hydrogen) atoms. The number of alkyl halides is 3. The van der Waals surface area contributed by atoms with Gasteiger partial charge in [-0.2, -0.15) is 13.2 Å². The van der Waals surface area contributed by atoms with Crippen LogP contribution in [0.5, 0.6) is 5.75 Å². The molecule has 0 unspecified atom stereocenters. The van der Waals surface area contributed by atoms with Crippen molar-refractivity contribution in [3.8, 4) is 5.75 Å². The van der Waals surface area contributed by atoms with Gasteiger partial charge in [0.2, 0.25) is 0 Å². The summed E-state index contributed by atoms with van der Waals surface area (Å²) in [6, 6.07) is 9.55. The summed E-state index contributed by atoms with van der Waals surface area (Å²) in [5.74, 6) is -1.97. The lowest BCUT2D eigenvalue weighted by molar-refractivity contribution is -0.173. The number of nitrogens with one attached hydrogen (secondary N) is 2. The number of halogens is 4. The zero-order valence-electron chi connectivity index (χ0n) is 15.1. The van der Waals surface area contributed by atoms with Crippen LogP contribution in [-0.2, 0) is 16.1 Å². The van der Waals surface area contributed by atoms with Crippen LogP contribution in [0.1, 0.15) is 16.7 Å². The fraction of sp³-hybridized carbons (Fsp3) is 0.263. The van der Waals surface area contributed by atoms with Gasteiger partial charge >= 0.3 is 12.1 Å². The molecule has 0 aromatic heterocycles. The highest BCUT2D eigenvalue weighted by atomic mass is 35.5. The molecule has 0 bridgehead atoms. The van der Waals surface area contributed by atoms with Crippen molar-refractivity contribution in [3.05, 3.63) is 58.1 Å². The Kier molecular flexibility index (Phi) is 6.90. The molecule has 0 fully saturated rings. The standard InChI is InChI=1S/C19H18ClF3N2O3/c1-11-6-15(7-12(2)17(11)20)28-10-16(26)25-14-5-3-4-13(8-14)9-24-18(27)19(21,22)23/h3-8H,9-10H2,1-2H3,(H,24,27)(H,25,26). The van der Waals surface area contributed by atoms with Gasteiger partial charge in [0.1, 0.15) is 5.75 Å². The number of anilines is 1. The van der Waals surface area contributed by atoms with Crippen molar-refractivity contribution in [1.29, 1.82) is 0 Å². The molecule has 0 aliphatic heterocycles. The molecule has 2 rings (SSSR count). The summed E-state index contributed by atoms with van der Waals surface area (Å²) in [5.41, 5.74) is 2.42. The predicted molar refractivity (Wildman–Crippen MR) is 99.4 cm³/mol. The van der Waals surface area contributed by atoms with Gasteiger partial charge in [-0.1, -0.05) is 23.7 Å². The van der Waals surface area contributed by atoms with Crippen LogP contribution in [0, 0.1) is 13.8 Å². The second-order valence-corrected chi connectivity index (χ2v) is 6.47. The summed E-state index contributed by atoms with van der Waals surface area (Å²) in [6.45, 7) is 3.08. The molecule has 5 nitrogen and oxygen atoms in total. The number of hydrogen-bond donors (Lipinski definition) is 2. The number of hydrogen-bond acceptors (Lipinski definition) is 3. The van der Waals surface area contributed by atoms with E-state index < -0.39 is 18.0 Å². The van der Waals surface area contributed by atoms with Gasteiger partial charge in [0, 0.05) is 17.3 Å². The zero-order chi connectivity index (χ0) is 20.9. The van der Waals surface area contributed by atoms with E-state index >= 15 is 0 Å². The largest absolute Gasteiger partial charge is 0.484 e. The molecule has 2 aromatic carbocycles. The number of benzene rings is 2. The van der Waals surface area contributed by atoms with E-state index in [-0.39, 0.29) is 13.2 Å². The molecule has 150 valence electrons. The molecule has 0 heterocycles. The van der Waals surface area contributed by atoms with Gasteiger partial charge < -0.3 is 15.4 Å². The Bertz CT molecular complexity index is 862. The monoisotopic (exact) mass is 414 g/mol. The van der Waals surface area contributed by atoms with E-state index in [0.29, 0.717) is 22.0 Å². The van der Waals surface area contributed by atoms with E-state index in [2.05, 4.69) is 5.32 Å². The van der Waals surface area contributed by atoms with Crippen molar-refractivity contribution < 1.29 is 27.5 Å². The summed E-state index contributed by atoms with van der Waals surface area (Å²) in [7, 11) is 0. The first-order valence-corrected chi connectivity index (χ1v) is 8.57. The number of amides is 2. The van der Waals surface area contributed by atoms with E-state index in [0.717, 1.165) is 11.1 Å². The van der Waals surface area contributed by atoms with Gasteiger partial charge in [-0.15, -0.1) is 0 Å². The molecule has 0 atom stereocenters. The molecule has 0 saturated carbocycles. The lowest BCUT2D eigenvalue weighted by Crippen LogP contribution is -2.36. The molecular weight excluding hydrogens is 397 g/mol. The van der Waals surface area contributed by atoms with Gasteiger partial charge in [-0.05, 0) is 54.8 Å². The third kappa shape index (κ3) is 6.16. The smallest absolute Gasteiger partial charge is 0.471 e. The van der Waals surface area contributed by atoms with Crippen molar-refractivity contribution in [1.82, 2.24) is 5.32 Å². The quantitative estimate of drug-likeness (QED) is 0.746. The van der Waals surface area contributed by atoms with E-state index in [1.165, 1.54) is 12.1 Å². The first-order valence-electron chi connectivity index (χ1n) is 8.19. The molecular formula is C19H18ClF3N2O3. The van der Waals surface area contributed by atoms with Crippen LogP contribution in [0.2, 0.25) is 5.02 Å². The summed E-state index contributed by atoms with van der Waals surface area (Å²) in [6.07, 6.45) is -4.94. The molecule has 2 N–H and O–H groups in total. The maximum absolute atomic E-state index is 12.2. The Morgan fingerprint density at radius 1 is 1.11 bits per heavy atom. The van der Waals surface area contributed by atoms with Gasteiger partial charge in [-0.3, -0.25) is 9.59 Å². The highest BCUT2D eigenvalue weighted by molar-refractivity contribution is 6.32. The third-order valence-electron chi connectivity index (χ3n) is 3.70. The molecule has 0 spiro atoms. The Balaban J connectivity index is 1.91. The van der Waals surface area contributed by atoms with Crippen LogP contribution < -0.4 is 15.4 Å². The summed E-state index contributed by atoms with van der Waals surface area (Å²) in [5, 5.41) is 4.99. The average Bonchev–Trinajstić information content (AvgIpc) is 2.61. The SMILES string of the molecule is Cc1cc(OCC(=O)Nc2cccc(CNC(=O)C(F)(F)F)c2)cc(C)c1Cl. The topological polar surface area (TPSA) is 67.4 Å². The van der Waals surface area contributed by atoms with Crippen LogP contribution in [0.15, 0.2) is 36.4 Å². The van der Waals surface area contributed by atoms with Crippen molar-refractivity contribution in [2.75, 3.05) is 11.9 Å². The minimum atomic E-state index is -4.94. The highest BCUT2D eigenvalue weighted by Crippen LogP contribution is 2.25. The summed E-state index contributed by atoms with van der Waals surface area (Å²) < 4.78 is 42.1. The highest BCUT2D eigenvalue weighted by Gasteiger charge is 2.38. The van der Waals surface area contributed by atoms with Crippen molar-refractivity contribution in [2.45, 2.75) is 26.6 Å². The first kappa shape index (κ1) is 21.6. The lowest BCUT2D eigenvalue weighted by atomic mass is 10.1. The molecule has 2 aromatic rings. The summed E-state index contributed by atoms with van der Waals surface area (Å²) in [4.78, 5) is 22.9. The Morgan fingerprint density at radius 3 is 2.36 bits per heavy atom. The van der Waals surface area contributed by atoms with Crippen LogP contribution in [0.25, 0.3) is 0 Å². The van der Waals surface area contributed by atoms with Gasteiger partial charge in [-0.25, -0.2) is 0 Å². The molecule has 0 aliphatic rings. The predicted octanol–water partition coefficient (Wildman–Crippen LogP) is 4.15. The van der Waals surface area contributed by atoms with E-state index in [1.54, 1.807) is 29.6 Å². The number of carbonyl (C=O) groups excluding carboxylic acids is 2. The van der Waals surface area contributed by atoms with Crippen molar-refractivity contribution >= 4 is 29.1 Å². The van der Waals surface area contributed by atoms with Crippen molar-refractivity contribution in [3.63, 3.8) is 0 Å². The van der Waals surface area contributed by atoms with Crippen LogP contribution in [-0.4, -0.2) is 24.6 Å². The fourth-order valence-corrected chi connectivity index (χ4v) is 2.49. The second-order valence-electron chi connectivity index (χ2n) is 6.09. The average molecular weight is 415 g/mol. The van der Waals surface area contributed by atoms with Gasteiger partial charge in [0.25, 0.3) is 5.91 Å². The van der Waals surface area contributed by atoms with Crippen molar-refractivity contribution in [2.24, 2.45) is 0 Å². The zero-order valence-corrected chi connectivity index (χ0v) is 15.9. The van der Waals surface area contributed by atoms with Crippen LogP contribution in [0.3, 0.4) is 0 Å². The Hall–Kier alpha value is -2.74. The minimum Gasteiger partial charge on any atom is -0.484 e. The molecule has 0 saturated heterocycles. The number of carbonyl (C=O) groups is 2. The van der Waals surface area contributed by atoms with E-state index in [1.807, 2.05) is 13.8 Å². The number of aryl methyl sites for hydroxylation is 2. The second kappa shape index (κ2) is 8.97. The molecule has 0 aliphatic carbocycles. The van der Waals surface area contributed by atoms with Gasteiger partial charge in [0.15, 0.2) is 6.61 Å². The van der Waals surface area contributed by atoms with Crippen LogP contribution >= 0.6 is 11.6 Å². The normalized spacial score (nSPS) is 11.1. The molecule has 0 radical (unpaired) electrons. The van der Waals surface area contributed by atoms with Crippen LogP contribution in [0.4, 0.5) is 18.9 Å². The van der Waals surface area contributed by atoms with E-state index in [4.69, 9.17) is 16.3 Å². The van der Waals surface area contributed by atoms with E-state index in [9.17, 15) is 22.8 Å². The molecule has 9 heteroatoms. The maximum Gasteiger partial charge on any atom is 0.471 e. The Morgan fingerprint density at radius 2 is 1.75 bits per heavy atom. The maximum atomic E-state index is 12.2. The number of rotatable bonds is 6.